The highest BCUT2D eigenvalue weighted by Gasteiger charge is 2.30. The molecular formula is C16H12F3N3O5. The Morgan fingerprint density at radius 2 is 1.78 bits per heavy atom. The number of nitro benzene ring substituents is 1. The molecule has 0 saturated heterocycles. The number of non-ortho nitro benzene ring substituents is 1. The van der Waals surface area contributed by atoms with Crippen LogP contribution in [0.15, 0.2) is 48.5 Å². The summed E-state index contributed by atoms with van der Waals surface area (Å²) < 4.78 is 39.9. The number of amides is 2. The van der Waals surface area contributed by atoms with E-state index in [-0.39, 0.29) is 16.9 Å². The maximum atomic E-state index is 12.1. The second-order valence-corrected chi connectivity index (χ2v) is 5.11. The summed E-state index contributed by atoms with van der Waals surface area (Å²) in [6.45, 7) is -0.442. The van der Waals surface area contributed by atoms with Crippen LogP contribution in [-0.2, 0) is 4.79 Å². The van der Waals surface area contributed by atoms with Gasteiger partial charge in [0.05, 0.1) is 11.5 Å². The van der Waals surface area contributed by atoms with Gasteiger partial charge in [0.2, 0.25) is 5.91 Å². The number of hydrogen-bond acceptors (Lipinski definition) is 5. The minimum atomic E-state index is -4.82. The highest BCUT2D eigenvalue weighted by molar-refractivity contribution is 5.99. The van der Waals surface area contributed by atoms with Crippen LogP contribution in [0, 0.1) is 10.1 Å². The van der Waals surface area contributed by atoms with Crippen molar-refractivity contribution in [3.8, 4) is 5.75 Å². The zero-order chi connectivity index (χ0) is 20.0. The van der Waals surface area contributed by atoms with Crippen molar-refractivity contribution in [2.24, 2.45) is 0 Å². The number of rotatable bonds is 6. The molecule has 2 amide bonds. The fourth-order valence-electron chi connectivity index (χ4n) is 1.97. The van der Waals surface area contributed by atoms with Gasteiger partial charge in [-0.3, -0.25) is 19.7 Å². The average Bonchev–Trinajstić information content (AvgIpc) is 2.60. The normalized spacial score (nSPS) is 10.8. The van der Waals surface area contributed by atoms with E-state index in [0.29, 0.717) is 0 Å². The van der Waals surface area contributed by atoms with Gasteiger partial charge in [0.15, 0.2) is 0 Å². The van der Waals surface area contributed by atoms with Crippen LogP contribution in [0.5, 0.6) is 5.75 Å². The van der Waals surface area contributed by atoms with Gasteiger partial charge < -0.3 is 15.4 Å². The Bertz CT molecular complexity index is 853. The minimum Gasteiger partial charge on any atom is -0.406 e. The molecule has 0 aliphatic heterocycles. The lowest BCUT2D eigenvalue weighted by Crippen LogP contribution is -2.32. The van der Waals surface area contributed by atoms with E-state index < -0.39 is 35.4 Å². The highest BCUT2D eigenvalue weighted by Crippen LogP contribution is 2.23. The number of alkyl halides is 3. The molecule has 0 atom stereocenters. The average molecular weight is 383 g/mol. The SMILES string of the molecule is O=C(CNC(=O)c1cccc([N+](=O)[O-])c1)Nc1ccc(OC(F)(F)F)cc1. The first-order valence-corrected chi connectivity index (χ1v) is 7.32. The largest absolute Gasteiger partial charge is 0.573 e. The van der Waals surface area contributed by atoms with E-state index >= 15 is 0 Å². The van der Waals surface area contributed by atoms with Crippen LogP contribution in [0.4, 0.5) is 24.5 Å². The molecular weight excluding hydrogens is 371 g/mol. The first-order valence-electron chi connectivity index (χ1n) is 7.32. The number of hydrogen-bond donors (Lipinski definition) is 2. The number of nitro groups is 1. The first-order chi connectivity index (χ1) is 12.6. The molecule has 0 bridgehead atoms. The Kier molecular flexibility index (Phi) is 5.96. The van der Waals surface area contributed by atoms with Gasteiger partial charge in [0.25, 0.3) is 11.6 Å². The third-order valence-corrected chi connectivity index (χ3v) is 3.10. The monoisotopic (exact) mass is 383 g/mol. The number of nitrogens with one attached hydrogen (secondary N) is 2. The molecule has 0 unspecified atom stereocenters. The van der Waals surface area contributed by atoms with Crippen LogP contribution < -0.4 is 15.4 Å². The predicted octanol–water partition coefficient (Wildman–Crippen LogP) is 2.86. The Morgan fingerprint density at radius 3 is 2.37 bits per heavy atom. The number of carbonyl (C=O) groups is 2. The zero-order valence-corrected chi connectivity index (χ0v) is 13.4. The van der Waals surface area contributed by atoms with Gasteiger partial charge in [-0.1, -0.05) is 6.07 Å². The Morgan fingerprint density at radius 1 is 1.11 bits per heavy atom. The summed E-state index contributed by atoms with van der Waals surface area (Å²) in [6.07, 6.45) is -4.82. The van der Waals surface area contributed by atoms with E-state index in [0.717, 1.165) is 18.2 Å². The zero-order valence-electron chi connectivity index (χ0n) is 13.4. The molecule has 2 N–H and O–H groups in total. The van der Waals surface area contributed by atoms with E-state index in [1.54, 1.807) is 0 Å². The molecule has 27 heavy (non-hydrogen) atoms. The summed E-state index contributed by atoms with van der Waals surface area (Å²) in [4.78, 5) is 33.7. The van der Waals surface area contributed by atoms with Gasteiger partial charge in [0.1, 0.15) is 5.75 Å². The summed E-state index contributed by atoms with van der Waals surface area (Å²) in [5.74, 6) is -1.78. The number of ether oxygens (including phenoxy) is 1. The Labute approximate surface area is 150 Å². The Hall–Kier alpha value is -3.63. The second kappa shape index (κ2) is 8.17. The predicted molar refractivity (Wildman–Crippen MR) is 87.2 cm³/mol. The van der Waals surface area contributed by atoms with Crippen molar-refractivity contribution in [3.05, 3.63) is 64.2 Å². The van der Waals surface area contributed by atoms with Crippen molar-refractivity contribution in [1.29, 1.82) is 0 Å². The topological polar surface area (TPSA) is 111 Å². The van der Waals surface area contributed by atoms with Crippen molar-refractivity contribution in [2.75, 3.05) is 11.9 Å². The van der Waals surface area contributed by atoms with E-state index in [4.69, 9.17) is 0 Å². The van der Waals surface area contributed by atoms with E-state index in [9.17, 15) is 32.9 Å². The van der Waals surface area contributed by atoms with Gasteiger partial charge in [-0.25, -0.2) is 0 Å². The molecule has 8 nitrogen and oxygen atoms in total. The molecule has 2 aromatic rings. The third-order valence-electron chi connectivity index (χ3n) is 3.10. The number of carbonyl (C=O) groups excluding carboxylic acids is 2. The van der Waals surface area contributed by atoms with E-state index in [1.807, 2.05) is 0 Å². The van der Waals surface area contributed by atoms with Gasteiger partial charge in [-0.05, 0) is 30.3 Å². The maximum absolute atomic E-state index is 12.1. The van der Waals surface area contributed by atoms with Crippen LogP contribution in [0.25, 0.3) is 0 Å². The number of halogens is 3. The molecule has 0 aromatic heterocycles. The molecule has 0 radical (unpaired) electrons. The van der Waals surface area contributed by atoms with E-state index in [2.05, 4.69) is 15.4 Å². The van der Waals surface area contributed by atoms with Crippen LogP contribution in [0.3, 0.4) is 0 Å². The molecule has 0 fully saturated rings. The van der Waals surface area contributed by atoms with Crippen LogP contribution >= 0.6 is 0 Å². The standard InChI is InChI=1S/C16H12F3N3O5/c17-16(18,19)27-13-6-4-11(5-7-13)21-14(23)9-20-15(24)10-2-1-3-12(8-10)22(25)26/h1-8H,9H2,(H,20,24)(H,21,23). The molecule has 0 aliphatic carbocycles. The smallest absolute Gasteiger partial charge is 0.406 e. The Balaban J connectivity index is 1.88. The van der Waals surface area contributed by atoms with Gasteiger partial charge in [-0.2, -0.15) is 0 Å². The lowest BCUT2D eigenvalue weighted by molar-refractivity contribution is -0.384. The molecule has 2 aromatic carbocycles. The van der Waals surface area contributed by atoms with Crippen molar-refractivity contribution in [3.63, 3.8) is 0 Å². The van der Waals surface area contributed by atoms with Gasteiger partial charge >= 0.3 is 6.36 Å². The summed E-state index contributed by atoms with van der Waals surface area (Å²) in [6, 6.07) is 9.39. The van der Waals surface area contributed by atoms with Gasteiger partial charge in [0, 0.05) is 23.4 Å². The molecule has 0 saturated carbocycles. The van der Waals surface area contributed by atoms with Crippen LogP contribution in [0.2, 0.25) is 0 Å². The second-order valence-electron chi connectivity index (χ2n) is 5.11. The molecule has 142 valence electrons. The summed E-state index contributed by atoms with van der Waals surface area (Å²) in [5.41, 5.74) is -0.0713. The third kappa shape index (κ3) is 6.30. The van der Waals surface area contributed by atoms with Crippen molar-refractivity contribution in [2.45, 2.75) is 6.36 Å². The highest BCUT2D eigenvalue weighted by atomic mass is 19.4. The molecule has 0 aliphatic rings. The van der Waals surface area contributed by atoms with E-state index in [1.165, 1.54) is 30.3 Å². The van der Waals surface area contributed by atoms with Crippen LogP contribution in [-0.4, -0.2) is 29.6 Å². The summed E-state index contributed by atoms with van der Waals surface area (Å²) in [7, 11) is 0. The maximum Gasteiger partial charge on any atom is 0.573 e. The molecule has 0 spiro atoms. The number of nitrogens with zero attached hydrogens (tertiary/aromatic N) is 1. The minimum absolute atomic E-state index is 0.00523. The van der Waals surface area contributed by atoms with Crippen LogP contribution in [0.1, 0.15) is 10.4 Å². The summed E-state index contributed by atoms with van der Waals surface area (Å²) >= 11 is 0. The number of anilines is 1. The van der Waals surface area contributed by atoms with Crippen molar-refractivity contribution in [1.82, 2.24) is 5.32 Å². The molecule has 11 heteroatoms. The summed E-state index contributed by atoms with van der Waals surface area (Å²) in [5, 5.41) is 15.3. The fourth-order valence-corrected chi connectivity index (χ4v) is 1.97. The lowest BCUT2D eigenvalue weighted by Gasteiger charge is -2.10. The first kappa shape index (κ1) is 19.7. The van der Waals surface area contributed by atoms with Gasteiger partial charge in [-0.15, -0.1) is 13.2 Å². The molecule has 2 rings (SSSR count). The van der Waals surface area contributed by atoms with Crippen molar-refractivity contribution >= 4 is 23.2 Å². The van der Waals surface area contributed by atoms with Crippen molar-refractivity contribution < 1.29 is 32.4 Å². The number of benzene rings is 2. The fraction of sp³-hybridized carbons (Fsp3) is 0.125. The lowest BCUT2D eigenvalue weighted by atomic mass is 10.2. The molecule has 0 heterocycles. The quantitative estimate of drug-likeness (QED) is 0.589.